The molecule has 0 fully saturated rings. The standard InChI is InChI=1S/C13H9Cl2N3O2/c14-11-5-2-6-12(15)13(11)17-16-8-9-3-1-4-10(7-9)18(19)20/h1-8,17H. The molecule has 102 valence electrons. The van der Waals surface area contributed by atoms with Crippen molar-refractivity contribution < 1.29 is 4.92 Å². The van der Waals surface area contributed by atoms with E-state index in [4.69, 9.17) is 23.2 Å². The quantitative estimate of drug-likeness (QED) is 0.518. The molecule has 7 heteroatoms. The van der Waals surface area contributed by atoms with E-state index in [-0.39, 0.29) is 5.69 Å². The Morgan fingerprint density at radius 1 is 1.15 bits per heavy atom. The molecule has 0 unspecified atom stereocenters. The highest BCUT2D eigenvalue weighted by molar-refractivity contribution is 6.39. The van der Waals surface area contributed by atoms with E-state index in [9.17, 15) is 10.1 Å². The van der Waals surface area contributed by atoms with Gasteiger partial charge in [0, 0.05) is 17.7 Å². The second-order valence-electron chi connectivity index (χ2n) is 3.82. The highest BCUT2D eigenvalue weighted by atomic mass is 35.5. The van der Waals surface area contributed by atoms with E-state index in [0.717, 1.165) is 0 Å². The number of nitrogens with one attached hydrogen (secondary N) is 1. The molecule has 0 heterocycles. The topological polar surface area (TPSA) is 67.5 Å². The summed E-state index contributed by atoms with van der Waals surface area (Å²) < 4.78 is 0. The fourth-order valence-corrected chi connectivity index (χ4v) is 1.98. The Bertz CT molecular complexity index is 654. The fraction of sp³-hybridized carbons (Fsp3) is 0. The molecule has 0 aliphatic heterocycles. The lowest BCUT2D eigenvalue weighted by molar-refractivity contribution is -0.384. The van der Waals surface area contributed by atoms with Crippen LogP contribution in [0.25, 0.3) is 0 Å². The number of non-ortho nitro benzene ring substituents is 1. The van der Waals surface area contributed by atoms with E-state index >= 15 is 0 Å². The largest absolute Gasteiger partial charge is 0.275 e. The summed E-state index contributed by atoms with van der Waals surface area (Å²) in [5, 5.41) is 15.5. The van der Waals surface area contributed by atoms with Gasteiger partial charge in [-0.05, 0) is 12.1 Å². The summed E-state index contributed by atoms with van der Waals surface area (Å²) in [5.41, 5.74) is 3.79. The predicted octanol–water partition coefficient (Wildman–Crippen LogP) is 4.35. The van der Waals surface area contributed by atoms with Crippen LogP contribution in [0.2, 0.25) is 10.0 Å². The maximum absolute atomic E-state index is 10.6. The Labute approximate surface area is 125 Å². The van der Waals surface area contributed by atoms with E-state index in [0.29, 0.717) is 21.3 Å². The maximum atomic E-state index is 10.6. The molecule has 0 bridgehead atoms. The third kappa shape index (κ3) is 3.46. The van der Waals surface area contributed by atoms with E-state index in [2.05, 4.69) is 10.5 Å². The summed E-state index contributed by atoms with van der Waals surface area (Å²) >= 11 is 11.9. The highest BCUT2D eigenvalue weighted by Crippen LogP contribution is 2.29. The van der Waals surface area contributed by atoms with Gasteiger partial charge in [0.05, 0.1) is 26.9 Å². The third-order valence-electron chi connectivity index (χ3n) is 2.43. The summed E-state index contributed by atoms with van der Waals surface area (Å²) in [6.07, 6.45) is 1.45. The number of nitro groups is 1. The monoisotopic (exact) mass is 309 g/mol. The number of nitrogens with zero attached hydrogens (tertiary/aromatic N) is 2. The lowest BCUT2D eigenvalue weighted by Gasteiger charge is -2.04. The van der Waals surface area contributed by atoms with Gasteiger partial charge >= 0.3 is 0 Å². The van der Waals surface area contributed by atoms with Gasteiger partial charge in [-0.25, -0.2) is 0 Å². The number of para-hydroxylation sites is 1. The Morgan fingerprint density at radius 2 is 1.80 bits per heavy atom. The van der Waals surface area contributed by atoms with Crippen molar-refractivity contribution in [2.75, 3.05) is 5.43 Å². The van der Waals surface area contributed by atoms with E-state index in [1.54, 1.807) is 30.3 Å². The minimum absolute atomic E-state index is 0.00438. The van der Waals surface area contributed by atoms with Crippen LogP contribution in [0.5, 0.6) is 0 Å². The van der Waals surface area contributed by atoms with E-state index in [1.165, 1.54) is 18.3 Å². The summed E-state index contributed by atoms with van der Waals surface area (Å²) in [6, 6.07) is 11.2. The number of benzene rings is 2. The Balaban J connectivity index is 2.14. The predicted molar refractivity (Wildman–Crippen MR) is 80.8 cm³/mol. The number of anilines is 1. The van der Waals surface area contributed by atoms with Crippen LogP contribution in [0.1, 0.15) is 5.56 Å². The van der Waals surface area contributed by atoms with Gasteiger partial charge in [0.15, 0.2) is 0 Å². The first-order chi connectivity index (χ1) is 9.58. The maximum Gasteiger partial charge on any atom is 0.270 e. The number of halogens is 2. The van der Waals surface area contributed by atoms with Crippen molar-refractivity contribution in [3.05, 3.63) is 68.2 Å². The molecule has 0 radical (unpaired) electrons. The minimum Gasteiger partial charge on any atom is -0.275 e. The van der Waals surface area contributed by atoms with Crippen molar-refractivity contribution in [2.45, 2.75) is 0 Å². The molecule has 0 aliphatic rings. The van der Waals surface area contributed by atoms with Gasteiger partial charge in [-0.2, -0.15) is 5.10 Å². The first-order valence-electron chi connectivity index (χ1n) is 5.55. The van der Waals surface area contributed by atoms with Crippen LogP contribution in [0.3, 0.4) is 0 Å². The van der Waals surface area contributed by atoms with E-state index < -0.39 is 4.92 Å². The smallest absolute Gasteiger partial charge is 0.270 e. The minimum atomic E-state index is -0.463. The molecule has 0 aliphatic carbocycles. The highest BCUT2D eigenvalue weighted by Gasteiger charge is 2.05. The van der Waals surface area contributed by atoms with Crippen molar-refractivity contribution in [1.82, 2.24) is 0 Å². The zero-order chi connectivity index (χ0) is 14.5. The van der Waals surface area contributed by atoms with Crippen LogP contribution >= 0.6 is 23.2 Å². The van der Waals surface area contributed by atoms with Crippen LogP contribution in [-0.4, -0.2) is 11.1 Å². The molecule has 0 spiro atoms. The molecule has 2 aromatic rings. The Hall–Kier alpha value is -2.11. The zero-order valence-electron chi connectivity index (χ0n) is 10.1. The number of hydrogen-bond acceptors (Lipinski definition) is 4. The fourth-order valence-electron chi connectivity index (χ4n) is 1.49. The summed E-state index contributed by atoms with van der Waals surface area (Å²) in [7, 11) is 0. The second-order valence-corrected chi connectivity index (χ2v) is 4.63. The van der Waals surface area contributed by atoms with Gasteiger partial charge in [0.1, 0.15) is 0 Å². The van der Waals surface area contributed by atoms with Crippen LogP contribution in [0.4, 0.5) is 11.4 Å². The van der Waals surface area contributed by atoms with Crippen LogP contribution in [0.15, 0.2) is 47.6 Å². The SMILES string of the molecule is O=[N+]([O-])c1cccc(C=NNc2c(Cl)cccc2Cl)c1. The summed E-state index contributed by atoms with van der Waals surface area (Å²) in [4.78, 5) is 10.2. The average molecular weight is 310 g/mol. The van der Waals surface area contributed by atoms with Crippen molar-refractivity contribution in [1.29, 1.82) is 0 Å². The summed E-state index contributed by atoms with van der Waals surface area (Å²) in [5.74, 6) is 0. The van der Waals surface area contributed by atoms with Crippen molar-refractivity contribution in [3.63, 3.8) is 0 Å². The lowest BCUT2D eigenvalue weighted by Crippen LogP contribution is -1.93. The van der Waals surface area contributed by atoms with Gasteiger partial charge < -0.3 is 0 Å². The Morgan fingerprint density at radius 3 is 2.45 bits per heavy atom. The molecule has 0 amide bonds. The van der Waals surface area contributed by atoms with Crippen LogP contribution in [-0.2, 0) is 0 Å². The van der Waals surface area contributed by atoms with Gasteiger partial charge in [-0.15, -0.1) is 0 Å². The molecule has 2 aromatic carbocycles. The van der Waals surface area contributed by atoms with Crippen LogP contribution < -0.4 is 5.43 Å². The summed E-state index contributed by atoms with van der Waals surface area (Å²) in [6.45, 7) is 0. The molecular weight excluding hydrogens is 301 g/mol. The van der Waals surface area contributed by atoms with Gasteiger partial charge in [-0.3, -0.25) is 15.5 Å². The molecule has 2 rings (SSSR count). The lowest BCUT2D eigenvalue weighted by atomic mass is 10.2. The number of rotatable bonds is 4. The molecule has 1 N–H and O–H groups in total. The molecule has 0 aromatic heterocycles. The average Bonchev–Trinajstić information content (AvgIpc) is 2.42. The first kappa shape index (κ1) is 14.3. The normalized spacial score (nSPS) is 10.7. The second kappa shape index (κ2) is 6.36. The Kier molecular flexibility index (Phi) is 4.55. The molecule has 0 saturated heterocycles. The number of hydrogen-bond donors (Lipinski definition) is 1. The van der Waals surface area contributed by atoms with Crippen molar-refractivity contribution in [2.24, 2.45) is 5.10 Å². The van der Waals surface area contributed by atoms with Gasteiger partial charge in [0.2, 0.25) is 0 Å². The van der Waals surface area contributed by atoms with E-state index in [1.807, 2.05) is 0 Å². The molecule has 20 heavy (non-hydrogen) atoms. The van der Waals surface area contributed by atoms with Crippen LogP contribution in [0, 0.1) is 10.1 Å². The molecule has 5 nitrogen and oxygen atoms in total. The number of nitro benzene ring substituents is 1. The van der Waals surface area contributed by atoms with Crippen molar-refractivity contribution >= 4 is 40.8 Å². The molecule has 0 atom stereocenters. The molecule has 0 saturated carbocycles. The molecular formula is C13H9Cl2N3O2. The zero-order valence-corrected chi connectivity index (χ0v) is 11.6. The van der Waals surface area contributed by atoms with Crippen molar-refractivity contribution in [3.8, 4) is 0 Å². The van der Waals surface area contributed by atoms with Gasteiger partial charge in [0.25, 0.3) is 5.69 Å². The third-order valence-corrected chi connectivity index (χ3v) is 3.06. The number of hydrazone groups is 1. The first-order valence-corrected chi connectivity index (χ1v) is 6.31. The van der Waals surface area contributed by atoms with Gasteiger partial charge in [-0.1, -0.05) is 41.4 Å².